The van der Waals surface area contributed by atoms with Gasteiger partial charge in [-0.25, -0.2) is 0 Å². The lowest BCUT2D eigenvalue weighted by Gasteiger charge is -2.14. The molecule has 1 N–H and O–H groups in total. The molecular formula is C19H21NO4. The van der Waals surface area contributed by atoms with E-state index in [0.717, 1.165) is 17.7 Å². The Morgan fingerprint density at radius 2 is 2.08 bits per heavy atom. The number of anilines is 1. The maximum absolute atomic E-state index is 12.6. The molecule has 0 unspecified atom stereocenters. The highest BCUT2D eigenvalue weighted by Crippen LogP contribution is 2.38. The summed E-state index contributed by atoms with van der Waals surface area (Å²) in [6, 6.07) is 10.9. The van der Waals surface area contributed by atoms with Gasteiger partial charge in [-0.05, 0) is 32.0 Å². The number of fused-ring (bicyclic) bond motifs is 1. The van der Waals surface area contributed by atoms with Crippen LogP contribution >= 0.6 is 0 Å². The third kappa shape index (κ3) is 3.15. The first-order valence-corrected chi connectivity index (χ1v) is 8.03. The fourth-order valence-electron chi connectivity index (χ4n) is 2.83. The summed E-state index contributed by atoms with van der Waals surface area (Å²) in [6.07, 6.45) is 0.977. The molecule has 0 radical (unpaired) electrons. The molecule has 0 fully saturated rings. The average Bonchev–Trinajstić information content (AvgIpc) is 2.94. The van der Waals surface area contributed by atoms with Gasteiger partial charge in [0.15, 0.2) is 0 Å². The highest BCUT2D eigenvalue weighted by atomic mass is 16.5. The predicted octanol–water partition coefficient (Wildman–Crippen LogP) is 3.67. The van der Waals surface area contributed by atoms with Crippen molar-refractivity contribution in [2.75, 3.05) is 19.0 Å². The number of amides is 1. The van der Waals surface area contributed by atoms with E-state index in [1.165, 1.54) is 0 Å². The molecule has 1 aliphatic heterocycles. The smallest absolute Gasteiger partial charge is 0.259 e. The van der Waals surface area contributed by atoms with E-state index in [2.05, 4.69) is 5.32 Å². The van der Waals surface area contributed by atoms with Gasteiger partial charge in [0.1, 0.15) is 23.4 Å². The third-order valence-electron chi connectivity index (χ3n) is 3.90. The second kappa shape index (κ2) is 6.83. The minimum Gasteiger partial charge on any atom is -0.496 e. The molecule has 0 aromatic heterocycles. The third-order valence-corrected chi connectivity index (χ3v) is 3.90. The Morgan fingerprint density at radius 3 is 2.83 bits per heavy atom. The molecule has 0 bridgehead atoms. The van der Waals surface area contributed by atoms with Gasteiger partial charge in [0, 0.05) is 18.1 Å². The molecule has 0 spiro atoms. The summed E-state index contributed by atoms with van der Waals surface area (Å²) in [6.45, 7) is 4.46. The van der Waals surface area contributed by atoms with Crippen molar-refractivity contribution in [3.8, 4) is 17.2 Å². The Kier molecular flexibility index (Phi) is 4.60. The number of nitrogens with one attached hydrogen (secondary N) is 1. The summed E-state index contributed by atoms with van der Waals surface area (Å²) >= 11 is 0. The first-order chi connectivity index (χ1) is 11.6. The van der Waals surface area contributed by atoms with Gasteiger partial charge < -0.3 is 19.5 Å². The second-order valence-corrected chi connectivity index (χ2v) is 5.68. The monoisotopic (exact) mass is 327 g/mol. The summed E-state index contributed by atoms with van der Waals surface area (Å²) < 4.78 is 16.7. The molecule has 1 heterocycles. The minimum absolute atomic E-state index is 0.134. The van der Waals surface area contributed by atoms with Gasteiger partial charge in [-0.3, -0.25) is 4.79 Å². The lowest BCUT2D eigenvalue weighted by molar-refractivity contribution is 0.102. The van der Waals surface area contributed by atoms with E-state index in [-0.39, 0.29) is 12.0 Å². The summed E-state index contributed by atoms with van der Waals surface area (Å²) in [5.74, 6) is 1.72. The fraction of sp³-hybridized carbons (Fsp3) is 0.316. The summed E-state index contributed by atoms with van der Waals surface area (Å²) in [5.41, 5.74) is 2.17. The topological polar surface area (TPSA) is 56.8 Å². The minimum atomic E-state index is -0.251. The van der Waals surface area contributed by atoms with Crippen LogP contribution in [-0.2, 0) is 6.42 Å². The van der Waals surface area contributed by atoms with Crippen molar-refractivity contribution in [2.24, 2.45) is 0 Å². The molecule has 2 aromatic rings. The van der Waals surface area contributed by atoms with Crippen molar-refractivity contribution in [1.29, 1.82) is 0 Å². The number of hydrogen-bond donors (Lipinski definition) is 1. The number of hydrogen-bond acceptors (Lipinski definition) is 4. The van der Waals surface area contributed by atoms with Crippen molar-refractivity contribution in [2.45, 2.75) is 26.4 Å². The van der Waals surface area contributed by atoms with E-state index in [1.54, 1.807) is 25.3 Å². The van der Waals surface area contributed by atoms with Gasteiger partial charge in [0.2, 0.25) is 0 Å². The van der Waals surface area contributed by atoms with Crippen LogP contribution < -0.4 is 19.5 Å². The molecule has 5 heteroatoms. The standard InChI is InChI=1S/C19H21NO4/c1-4-23-18-10-13-9-12(2)24-17(13)11-15(18)20-19(21)14-7-5-6-8-16(14)22-3/h5-8,10-12H,4,9H2,1-3H3,(H,20,21)/t12-/m1/s1. The number of carbonyl (C=O) groups is 1. The lowest BCUT2D eigenvalue weighted by Crippen LogP contribution is -2.14. The molecular weight excluding hydrogens is 306 g/mol. The number of rotatable bonds is 5. The molecule has 5 nitrogen and oxygen atoms in total. The molecule has 0 aliphatic carbocycles. The number of methoxy groups -OCH3 is 1. The van der Waals surface area contributed by atoms with E-state index in [1.807, 2.05) is 32.0 Å². The number of benzene rings is 2. The van der Waals surface area contributed by atoms with Crippen LogP contribution in [0.5, 0.6) is 17.2 Å². The molecule has 1 atom stereocenters. The van der Waals surface area contributed by atoms with E-state index < -0.39 is 0 Å². The Balaban J connectivity index is 1.91. The van der Waals surface area contributed by atoms with Crippen LogP contribution in [-0.4, -0.2) is 25.7 Å². The zero-order chi connectivity index (χ0) is 17.1. The molecule has 0 saturated carbocycles. The van der Waals surface area contributed by atoms with Crippen LogP contribution in [0.4, 0.5) is 5.69 Å². The SMILES string of the molecule is CCOc1cc2c(cc1NC(=O)c1ccccc1OC)O[C@H](C)C2. The van der Waals surface area contributed by atoms with Crippen LogP contribution in [0.1, 0.15) is 29.8 Å². The molecule has 24 heavy (non-hydrogen) atoms. The molecule has 2 aromatic carbocycles. The first-order valence-electron chi connectivity index (χ1n) is 8.03. The molecule has 126 valence electrons. The maximum atomic E-state index is 12.6. The van der Waals surface area contributed by atoms with Crippen LogP contribution in [0, 0.1) is 0 Å². The summed E-state index contributed by atoms with van der Waals surface area (Å²) in [4.78, 5) is 12.6. The van der Waals surface area contributed by atoms with Gasteiger partial charge in [-0.15, -0.1) is 0 Å². The van der Waals surface area contributed by atoms with Crippen molar-refractivity contribution < 1.29 is 19.0 Å². The highest BCUT2D eigenvalue weighted by molar-refractivity contribution is 6.07. The lowest BCUT2D eigenvalue weighted by atomic mass is 10.1. The zero-order valence-electron chi connectivity index (χ0n) is 14.1. The fourth-order valence-corrected chi connectivity index (χ4v) is 2.83. The molecule has 3 rings (SSSR count). The van der Waals surface area contributed by atoms with Crippen LogP contribution in [0.3, 0.4) is 0 Å². The van der Waals surface area contributed by atoms with E-state index in [0.29, 0.717) is 29.4 Å². The van der Waals surface area contributed by atoms with Gasteiger partial charge in [-0.2, -0.15) is 0 Å². The first kappa shape index (κ1) is 16.2. The van der Waals surface area contributed by atoms with Gasteiger partial charge in [0.05, 0.1) is 25.0 Å². The molecule has 1 amide bonds. The number of para-hydroxylation sites is 1. The summed E-state index contributed by atoms with van der Waals surface area (Å²) in [5, 5.41) is 2.91. The van der Waals surface area contributed by atoms with E-state index in [4.69, 9.17) is 14.2 Å². The van der Waals surface area contributed by atoms with Gasteiger partial charge >= 0.3 is 0 Å². The van der Waals surface area contributed by atoms with E-state index >= 15 is 0 Å². The Morgan fingerprint density at radius 1 is 1.29 bits per heavy atom. The zero-order valence-corrected chi connectivity index (χ0v) is 14.1. The van der Waals surface area contributed by atoms with Crippen LogP contribution in [0.2, 0.25) is 0 Å². The average molecular weight is 327 g/mol. The quantitative estimate of drug-likeness (QED) is 0.910. The van der Waals surface area contributed by atoms with Crippen LogP contribution in [0.15, 0.2) is 36.4 Å². The van der Waals surface area contributed by atoms with Crippen LogP contribution in [0.25, 0.3) is 0 Å². The normalized spacial score (nSPS) is 15.4. The van der Waals surface area contributed by atoms with Crippen molar-refractivity contribution >= 4 is 11.6 Å². The molecule has 1 aliphatic rings. The van der Waals surface area contributed by atoms with Gasteiger partial charge in [-0.1, -0.05) is 12.1 Å². The summed E-state index contributed by atoms with van der Waals surface area (Å²) in [7, 11) is 1.54. The second-order valence-electron chi connectivity index (χ2n) is 5.68. The van der Waals surface area contributed by atoms with Crippen molar-refractivity contribution in [3.63, 3.8) is 0 Å². The Bertz CT molecular complexity index is 757. The highest BCUT2D eigenvalue weighted by Gasteiger charge is 2.23. The van der Waals surface area contributed by atoms with E-state index in [9.17, 15) is 4.79 Å². The Labute approximate surface area is 141 Å². The van der Waals surface area contributed by atoms with Gasteiger partial charge in [0.25, 0.3) is 5.91 Å². The predicted molar refractivity (Wildman–Crippen MR) is 92.4 cm³/mol. The number of carbonyl (C=O) groups excluding carboxylic acids is 1. The largest absolute Gasteiger partial charge is 0.496 e. The maximum Gasteiger partial charge on any atom is 0.259 e. The van der Waals surface area contributed by atoms with Crippen molar-refractivity contribution in [3.05, 3.63) is 47.5 Å². The number of ether oxygens (including phenoxy) is 3. The Hall–Kier alpha value is -2.69. The molecule has 0 saturated heterocycles. The van der Waals surface area contributed by atoms with Crippen molar-refractivity contribution in [1.82, 2.24) is 0 Å².